The molecule has 2 rings (SSSR count). The van der Waals surface area contributed by atoms with E-state index in [9.17, 15) is 18.0 Å². The lowest BCUT2D eigenvalue weighted by atomic mass is 10.4. The van der Waals surface area contributed by atoms with E-state index in [1.807, 2.05) is 0 Å². The molecule has 7 nitrogen and oxygen atoms in total. The maximum absolute atomic E-state index is 12.4. The fraction of sp³-hybridized carbons (Fsp3) is 0.250. The van der Waals surface area contributed by atoms with Crippen molar-refractivity contribution in [2.24, 2.45) is 0 Å². The van der Waals surface area contributed by atoms with Gasteiger partial charge in [-0.2, -0.15) is 18.3 Å². The van der Waals surface area contributed by atoms with Crippen LogP contribution in [0, 0.1) is 0 Å². The third-order valence-electron chi connectivity index (χ3n) is 1.91. The summed E-state index contributed by atoms with van der Waals surface area (Å²) in [5.41, 5.74) is -1.55. The number of H-pyrrole nitrogens is 2. The third-order valence-corrected chi connectivity index (χ3v) is 1.91. The number of aromatic amines is 2. The fourth-order valence-electron chi connectivity index (χ4n) is 1.15. The highest BCUT2D eigenvalue weighted by atomic mass is 19.4. The predicted molar refractivity (Wildman–Crippen MR) is 53.6 cm³/mol. The van der Waals surface area contributed by atoms with E-state index in [1.165, 1.54) is 0 Å². The quantitative estimate of drug-likeness (QED) is 0.747. The molecule has 0 unspecified atom stereocenters. The zero-order chi connectivity index (χ0) is 13.2. The van der Waals surface area contributed by atoms with Crippen LogP contribution in [0.4, 0.5) is 19.1 Å². The van der Waals surface area contributed by atoms with Crippen molar-refractivity contribution in [3.63, 3.8) is 0 Å². The van der Waals surface area contributed by atoms with Gasteiger partial charge in [0.25, 0.3) is 0 Å². The molecule has 2 aromatic rings. The molecule has 0 atom stereocenters. The minimum Gasteiger partial charge on any atom is -0.347 e. The zero-order valence-corrected chi connectivity index (χ0v) is 8.75. The Bertz CT molecular complexity index is 589. The van der Waals surface area contributed by atoms with Gasteiger partial charge in [0.1, 0.15) is 11.5 Å². The number of anilines is 1. The highest BCUT2D eigenvalue weighted by Crippen LogP contribution is 2.27. The van der Waals surface area contributed by atoms with Gasteiger partial charge in [-0.1, -0.05) is 0 Å². The number of aromatic nitrogens is 5. The fourth-order valence-corrected chi connectivity index (χ4v) is 1.15. The minimum atomic E-state index is -4.53. The molecule has 0 aliphatic rings. The zero-order valence-electron chi connectivity index (χ0n) is 8.75. The Labute approximate surface area is 97.5 Å². The monoisotopic (exact) mass is 260 g/mol. The SMILES string of the molecule is O=c1[nH]nc(CNc2nccc(C(F)(F)F)n2)[nH]1. The number of halogens is 3. The average Bonchev–Trinajstić information content (AvgIpc) is 2.72. The Balaban J connectivity index is 2.08. The molecule has 96 valence electrons. The van der Waals surface area contributed by atoms with E-state index >= 15 is 0 Å². The van der Waals surface area contributed by atoms with Gasteiger partial charge in [0.15, 0.2) is 0 Å². The summed E-state index contributed by atoms with van der Waals surface area (Å²) >= 11 is 0. The number of nitrogens with one attached hydrogen (secondary N) is 3. The first-order chi connectivity index (χ1) is 8.45. The number of nitrogens with zero attached hydrogens (tertiary/aromatic N) is 3. The van der Waals surface area contributed by atoms with Crippen molar-refractivity contribution in [2.75, 3.05) is 5.32 Å². The highest BCUT2D eigenvalue weighted by molar-refractivity contribution is 5.26. The van der Waals surface area contributed by atoms with E-state index in [4.69, 9.17) is 0 Å². The molecule has 0 saturated carbocycles. The van der Waals surface area contributed by atoms with Crippen LogP contribution in [-0.4, -0.2) is 25.1 Å². The first-order valence-electron chi connectivity index (χ1n) is 4.73. The molecule has 3 N–H and O–H groups in total. The molecule has 0 amide bonds. The van der Waals surface area contributed by atoms with E-state index in [0.717, 1.165) is 12.3 Å². The van der Waals surface area contributed by atoms with E-state index in [0.29, 0.717) is 0 Å². The van der Waals surface area contributed by atoms with Crippen molar-refractivity contribution >= 4 is 5.95 Å². The second-order valence-corrected chi connectivity index (χ2v) is 3.24. The van der Waals surface area contributed by atoms with Crippen LogP contribution in [0.2, 0.25) is 0 Å². The van der Waals surface area contributed by atoms with E-state index in [-0.39, 0.29) is 18.3 Å². The van der Waals surface area contributed by atoms with Crippen molar-refractivity contribution in [2.45, 2.75) is 12.7 Å². The van der Waals surface area contributed by atoms with Crippen molar-refractivity contribution < 1.29 is 13.2 Å². The van der Waals surface area contributed by atoms with Crippen molar-refractivity contribution in [3.05, 3.63) is 34.3 Å². The van der Waals surface area contributed by atoms with Crippen LogP contribution in [0.15, 0.2) is 17.1 Å². The van der Waals surface area contributed by atoms with Gasteiger partial charge in [0.2, 0.25) is 5.95 Å². The maximum Gasteiger partial charge on any atom is 0.433 e. The van der Waals surface area contributed by atoms with Crippen LogP contribution in [-0.2, 0) is 12.7 Å². The van der Waals surface area contributed by atoms with Crippen LogP contribution < -0.4 is 11.0 Å². The van der Waals surface area contributed by atoms with Gasteiger partial charge >= 0.3 is 11.9 Å². The Hall–Kier alpha value is -2.39. The number of hydrogen-bond acceptors (Lipinski definition) is 5. The molecular weight excluding hydrogens is 253 g/mol. The molecule has 18 heavy (non-hydrogen) atoms. The van der Waals surface area contributed by atoms with Crippen molar-refractivity contribution in [3.8, 4) is 0 Å². The summed E-state index contributed by atoms with van der Waals surface area (Å²) in [5.74, 6) is 0.0367. The van der Waals surface area contributed by atoms with Crippen molar-refractivity contribution in [1.29, 1.82) is 0 Å². The number of hydrogen-bond donors (Lipinski definition) is 3. The summed E-state index contributed by atoms with van der Waals surface area (Å²) in [6, 6.07) is 0.765. The molecule has 2 aromatic heterocycles. The second-order valence-electron chi connectivity index (χ2n) is 3.24. The predicted octanol–water partition coefficient (Wildman–Crippen LogP) is 0.519. The lowest BCUT2D eigenvalue weighted by Crippen LogP contribution is -2.12. The number of alkyl halides is 3. The van der Waals surface area contributed by atoms with Crippen LogP contribution in [0.5, 0.6) is 0 Å². The van der Waals surface area contributed by atoms with Gasteiger partial charge in [0, 0.05) is 6.20 Å². The Morgan fingerprint density at radius 2 is 2.17 bits per heavy atom. The molecule has 0 radical (unpaired) electrons. The van der Waals surface area contributed by atoms with Crippen molar-refractivity contribution in [1.82, 2.24) is 25.1 Å². The van der Waals surface area contributed by atoms with E-state index < -0.39 is 17.6 Å². The lowest BCUT2D eigenvalue weighted by molar-refractivity contribution is -0.141. The summed E-state index contributed by atoms with van der Waals surface area (Å²) in [5, 5.41) is 8.20. The van der Waals surface area contributed by atoms with E-state index in [1.54, 1.807) is 0 Å². The first kappa shape index (κ1) is 12.1. The van der Waals surface area contributed by atoms with Crippen LogP contribution in [0.1, 0.15) is 11.5 Å². The molecule has 0 saturated heterocycles. The molecule has 0 aromatic carbocycles. The topological polar surface area (TPSA) is 99.3 Å². The van der Waals surface area contributed by atoms with Gasteiger partial charge in [-0.05, 0) is 6.07 Å². The highest BCUT2D eigenvalue weighted by Gasteiger charge is 2.32. The van der Waals surface area contributed by atoms with Crippen LogP contribution in [0.25, 0.3) is 0 Å². The maximum atomic E-state index is 12.4. The summed E-state index contributed by atoms with van der Waals surface area (Å²) in [6.07, 6.45) is -3.54. The Morgan fingerprint density at radius 3 is 2.78 bits per heavy atom. The average molecular weight is 260 g/mol. The molecule has 0 bridgehead atoms. The normalized spacial score (nSPS) is 11.5. The van der Waals surface area contributed by atoms with Gasteiger partial charge in [-0.15, -0.1) is 0 Å². The Morgan fingerprint density at radius 1 is 1.39 bits per heavy atom. The summed E-state index contributed by atoms with van der Waals surface area (Å²) in [7, 11) is 0. The summed E-state index contributed by atoms with van der Waals surface area (Å²) in [6.45, 7) is 0.0000501. The molecular formula is C8H7F3N6O. The molecule has 2 heterocycles. The van der Waals surface area contributed by atoms with E-state index in [2.05, 4.69) is 30.5 Å². The standard InChI is InChI=1S/C8H7F3N6O/c9-8(10,11)4-1-2-12-6(14-4)13-3-5-15-7(18)17-16-5/h1-2H,3H2,(H,12,13,14)(H2,15,16,17,18). The minimum absolute atomic E-state index is 0.0000501. The third kappa shape index (κ3) is 2.84. The molecule has 0 fully saturated rings. The second kappa shape index (κ2) is 4.47. The first-order valence-corrected chi connectivity index (χ1v) is 4.73. The van der Waals surface area contributed by atoms with Gasteiger partial charge in [-0.25, -0.2) is 19.9 Å². The molecule has 0 aliphatic heterocycles. The van der Waals surface area contributed by atoms with Crippen LogP contribution in [0.3, 0.4) is 0 Å². The Kier molecular flexibility index (Phi) is 3.00. The lowest BCUT2D eigenvalue weighted by Gasteiger charge is -2.07. The van der Waals surface area contributed by atoms with Gasteiger partial charge in [-0.3, -0.25) is 4.98 Å². The van der Waals surface area contributed by atoms with Gasteiger partial charge in [0.05, 0.1) is 6.54 Å². The summed E-state index contributed by atoms with van der Waals surface area (Å²) in [4.78, 5) is 19.9. The largest absolute Gasteiger partial charge is 0.433 e. The van der Waals surface area contributed by atoms with Gasteiger partial charge < -0.3 is 5.32 Å². The number of rotatable bonds is 3. The van der Waals surface area contributed by atoms with Crippen LogP contribution >= 0.6 is 0 Å². The smallest absolute Gasteiger partial charge is 0.347 e. The molecule has 0 aliphatic carbocycles. The molecule has 10 heteroatoms. The molecule has 0 spiro atoms. The summed E-state index contributed by atoms with van der Waals surface area (Å²) < 4.78 is 37.1.